The van der Waals surface area contributed by atoms with E-state index in [1.165, 1.54) is 19.2 Å². The van der Waals surface area contributed by atoms with Gasteiger partial charge in [-0.1, -0.05) is 24.3 Å². The Kier molecular flexibility index (Phi) is 7.14. The monoisotopic (exact) mass is 497 g/mol. The number of para-hydroxylation sites is 1. The molecule has 0 atom stereocenters. The van der Waals surface area contributed by atoms with Gasteiger partial charge in [-0.25, -0.2) is 9.97 Å². The Morgan fingerprint density at radius 2 is 1.84 bits per heavy atom. The van der Waals surface area contributed by atoms with Crippen LogP contribution in [0, 0.1) is 5.41 Å². The first kappa shape index (κ1) is 24.5. The van der Waals surface area contributed by atoms with E-state index < -0.39 is 0 Å². The van der Waals surface area contributed by atoms with Crippen LogP contribution in [0.3, 0.4) is 0 Å². The van der Waals surface area contributed by atoms with Gasteiger partial charge in [0.15, 0.2) is 0 Å². The summed E-state index contributed by atoms with van der Waals surface area (Å²) in [6.45, 7) is 1.91. The molecule has 0 unspecified atom stereocenters. The number of likely N-dealkylation sites (N-methyl/N-ethyl adjacent to an activating group) is 1. The largest absolute Gasteiger partial charge is 0.457 e. The van der Waals surface area contributed by atoms with Crippen molar-refractivity contribution in [1.82, 2.24) is 19.8 Å². The van der Waals surface area contributed by atoms with E-state index in [1.807, 2.05) is 60.7 Å². The Hall–Kier alpha value is -4.24. The lowest BCUT2D eigenvalue weighted by Crippen LogP contribution is -2.56. The third-order valence-corrected chi connectivity index (χ3v) is 6.61. The molecule has 1 aliphatic carbocycles. The summed E-state index contributed by atoms with van der Waals surface area (Å²) in [6, 6.07) is 17.5. The SMILES string of the molecule is CN(C/C=C/C(=O)N1CC(Nc2ncnc(N)c2C(=N)c2ccc(Oc3ccccc3)cc2)C1)C1CC1. The maximum Gasteiger partial charge on any atom is 0.246 e. The van der Waals surface area contributed by atoms with E-state index in [1.54, 1.807) is 11.0 Å². The van der Waals surface area contributed by atoms with Crippen LogP contribution in [0.5, 0.6) is 11.5 Å². The molecule has 1 saturated heterocycles. The Balaban J connectivity index is 1.19. The molecule has 0 spiro atoms. The number of hydrogen-bond donors (Lipinski definition) is 3. The molecule has 5 rings (SSSR count). The van der Waals surface area contributed by atoms with E-state index >= 15 is 0 Å². The van der Waals surface area contributed by atoms with Crippen LogP contribution in [-0.2, 0) is 4.79 Å². The van der Waals surface area contributed by atoms with E-state index in [0.717, 1.165) is 12.3 Å². The van der Waals surface area contributed by atoms with Gasteiger partial charge < -0.3 is 20.7 Å². The number of aromatic nitrogens is 2. The molecule has 37 heavy (non-hydrogen) atoms. The highest BCUT2D eigenvalue weighted by Crippen LogP contribution is 2.27. The minimum atomic E-state index is 0.00947. The Bertz CT molecular complexity index is 1280. The number of nitrogens with zero attached hydrogens (tertiary/aromatic N) is 4. The molecule has 190 valence electrons. The summed E-state index contributed by atoms with van der Waals surface area (Å²) in [5.74, 6) is 2.13. The number of carbonyl (C=O) groups is 1. The second kappa shape index (κ2) is 10.8. The molecule has 3 aromatic rings. The van der Waals surface area contributed by atoms with Crippen molar-refractivity contribution in [3.63, 3.8) is 0 Å². The fraction of sp³-hybridized carbons (Fsp3) is 0.286. The maximum atomic E-state index is 12.5. The van der Waals surface area contributed by atoms with Crippen molar-refractivity contribution in [2.45, 2.75) is 24.9 Å². The molecule has 2 aliphatic rings. The molecular formula is C28H31N7O2. The van der Waals surface area contributed by atoms with Crippen LogP contribution in [0.2, 0.25) is 0 Å². The second-order valence-electron chi connectivity index (χ2n) is 9.45. The average molecular weight is 498 g/mol. The summed E-state index contributed by atoms with van der Waals surface area (Å²) in [7, 11) is 2.09. The molecule has 2 aromatic carbocycles. The van der Waals surface area contributed by atoms with Crippen molar-refractivity contribution >= 4 is 23.3 Å². The van der Waals surface area contributed by atoms with Crippen LogP contribution >= 0.6 is 0 Å². The lowest BCUT2D eigenvalue weighted by Gasteiger charge is -2.39. The van der Waals surface area contributed by atoms with Gasteiger partial charge in [-0.05, 0) is 56.3 Å². The molecule has 2 heterocycles. The molecule has 0 radical (unpaired) electrons. The highest BCUT2D eigenvalue weighted by molar-refractivity contribution is 6.16. The predicted molar refractivity (Wildman–Crippen MR) is 144 cm³/mol. The lowest BCUT2D eigenvalue weighted by atomic mass is 10.0. The number of hydrogen-bond acceptors (Lipinski definition) is 8. The van der Waals surface area contributed by atoms with Gasteiger partial charge in [-0.15, -0.1) is 0 Å². The number of benzene rings is 2. The van der Waals surface area contributed by atoms with Crippen LogP contribution in [0.1, 0.15) is 24.0 Å². The molecule has 2 fully saturated rings. The third-order valence-electron chi connectivity index (χ3n) is 6.61. The van der Waals surface area contributed by atoms with Crippen molar-refractivity contribution in [2.75, 3.05) is 37.7 Å². The summed E-state index contributed by atoms with van der Waals surface area (Å²) < 4.78 is 5.85. The molecule has 4 N–H and O–H groups in total. The zero-order valence-corrected chi connectivity index (χ0v) is 20.8. The lowest BCUT2D eigenvalue weighted by molar-refractivity contribution is -0.129. The number of nitrogens with two attached hydrogens (primary N) is 1. The first-order valence-corrected chi connectivity index (χ1v) is 12.4. The Morgan fingerprint density at radius 1 is 1.14 bits per heavy atom. The third kappa shape index (κ3) is 5.95. The van der Waals surface area contributed by atoms with Crippen LogP contribution in [0.4, 0.5) is 11.6 Å². The fourth-order valence-corrected chi connectivity index (χ4v) is 4.25. The second-order valence-corrected chi connectivity index (χ2v) is 9.45. The van der Waals surface area contributed by atoms with Gasteiger partial charge in [-0.3, -0.25) is 15.1 Å². The van der Waals surface area contributed by atoms with Gasteiger partial charge in [-0.2, -0.15) is 0 Å². The minimum absolute atomic E-state index is 0.00947. The number of ether oxygens (including phenoxy) is 1. The van der Waals surface area contributed by atoms with E-state index in [0.29, 0.717) is 41.8 Å². The molecule has 1 aliphatic heterocycles. The number of likely N-dealkylation sites (tertiary alicyclic amines) is 1. The van der Waals surface area contributed by atoms with Gasteiger partial charge in [0, 0.05) is 37.3 Å². The van der Waals surface area contributed by atoms with Gasteiger partial charge in [0.1, 0.15) is 29.5 Å². The average Bonchev–Trinajstić information content (AvgIpc) is 3.72. The number of anilines is 2. The minimum Gasteiger partial charge on any atom is -0.457 e. The van der Waals surface area contributed by atoms with Crippen molar-refractivity contribution in [3.05, 3.63) is 84.2 Å². The summed E-state index contributed by atoms with van der Waals surface area (Å²) in [6.07, 6.45) is 7.47. The Labute approximate surface area is 216 Å². The van der Waals surface area contributed by atoms with E-state index in [-0.39, 0.29) is 23.5 Å². The quantitative estimate of drug-likeness (QED) is 0.289. The zero-order chi connectivity index (χ0) is 25.8. The summed E-state index contributed by atoms with van der Waals surface area (Å²) in [5.41, 5.74) is 7.48. The molecule has 1 amide bonds. The van der Waals surface area contributed by atoms with E-state index in [9.17, 15) is 4.79 Å². The van der Waals surface area contributed by atoms with Crippen molar-refractivity contribution in [3.8, 4) is 11.5 Å². The van der Waals surface area contributed by atoms with Crippen LogP contribution < -0.4 is 15.8 Å². The van der Waals surface area contributed by atoms with Crippen molar-refractivity contribution in [1.29, 1.82) is 5.41 Å². The van der Waals surface area contributed by atoms with E-state index in [4.69, 9.17) is 15.9 Å². The number of carbonyl (C=O) groups excluding carboxylic acids is 1. The van der Waals surface area contributed by atoms with Gasteiger partial charge in [0.25, 0.3) is 0 Å². The first-order chi connectivity index (χ1) is 18.0. The molecule has 0 bridgehead atoms. The topological polar surface area (TPSA) is 120 Å². The van der Waals surface area contributed by atoms with Crippen molar-refractivity contribution < 1.29 is 9.53 Å². The van der Waals surface area contributed by atoms with Crippen molar-refractivity contribution in [2.24, 2.45) is 0 Å². The van der Waals surface area contributed by atoms with E-state index in [2.05, 4.69) is 27.2 Å². The van der Waals surface area contributed by atoms with Gasteiger partial charge in [0.2, 0.25) is 5.91 Å². The Morgan fingerprint density at radius 3 is 2.54 bits per heavy atom. The molecule has 1 aromatic heterocycles. The summed E-state index contributed by atoms with van der Waals surface area (Å²) >= 11 is 0. The number of nitrogens with one attached hydrogen (secondary N) is 2. The standard InChI is InChI=1S/C28H31N7O2/c1-34(21-11-12-21)15-5-8-24(36)35-16-20(17-35)33-28-25(27(30)31-18-32-28)26(29)19-9-13-23(14-10-19)37-22-6-3-2-4-7-22/h2-10,13-14,18,20-21,29H,11-12,15-17H2,1H3,(H3,30,31,32,33)/b8-5+,29-26?. The molecule has 1 saturated carbocycles. The van der Waals surface area contributed by atoms with Gasteiger partial charge >= 0.3 is 0 Å². The highest BCUT2D eigenvalue weighted by Gasteiger charge is 2.31. The first-order valence-electron chi connectivity index (χ1n) is 12.4. The van der Waals surface area contributed by atoms with Crippen LogP contribution in [0.15, 0.2) is 73.1 Å². The van der Waals surface area contributed by atoms with Gasteiger partial charge in [0.05, 0.1) is 17.3 Å². The molecule has 9 heteroatoms. The zero-order valence-electron chi connectivity index (χ0n) is 20.8. The summed E-state index contributed by atoms with van der Waals surface area (Å²) in [5, 5.41) is 12.1. The predicted octanol–water partition coefficient (Wildman–Crippen LogP) is 3.54. The fourth-order valence-electron chi connectivity index (χ4n) is 4.25. The number of rotatable bonds is 10. The highest BCUT2D eigenvalue weighted by atomic mass is 16.5. The molecule has 9 nitrogen and oxygen atoms in total. The molecular weight excluding hydrogens is 466 g/mol. The normalized spacial score (nSPS) is 15.6. The smallest absolute Gasteiger partial charge is 0.246 e. The maximum absolute atomic E-state index is 12.5. The number of nitrogen functional groups attached to an aromatic ring is 1. The summed E-state index contributed by atoms with van der Waals surface area (Å²) in [4.78, 5) is 25.0. The van der Waals surface area contributed by atoms with Crippen LogP contribution in [0.25, 0.3) is 0 Å². The number of amides is 1. The van der Waals surface area contributed by atoms with Crippen LogP contribution in [-0.4, -0.2) is 70.2 Å².